The lowest BCUT2D eigenvalue weighted by Crippen LogP contribution is -2.27. The molecule has 0 spiro atoms. The molecular weight excluding hydrogens is 284 g/mol. The smallest absolute Gasteiger partial charge is 0.412 e. The Balaban J connectivity index is 2.66. The lowest BCUT2D eigenvalue weighted by atomic mass is 10.2. The number of ether oxygens (including phenoxy) is 1. The fraction of sp³-hybridized carbons (Fsp3) is 0.500. The topological polar surface area (TPSA) is 94.6 Å². The number of pyridine rings is 1. The van der Waals surface area contributed by atoms with Crippen LogP contribution in [-0.2, 0) is 25.6 Å². The highest BCUT2D eigenvalue weighted by atomic mass is 32.2. The predicted octanol–water partition coefficient (Wildman–Crippen LogP) is 1.90. The van der Waals surface area contributed by atoms with Crippen molar-refractivity contribution in [3.63, 3.8) is 0 Å². The molecule has 8 heteroatoms. The molecule has 0 atom stereocenters. The molecule has 1 heterocycles. The van der Waals surface area contributed by atoms with Gasteiger partial charge in [-0.3, -0.25) is 14.5 Å². The van der Waals surface area contributed by atoms with Gasteiger partial charge in [0.05, 0.1) is 24.7 Å². The number of amides is 1. The molecule has 1 N–H and O–H groups in total. The Kier molecular flexibility index (Phi) is 5.07. The minimum Gasteiger partial charge on any atom is -0.444 e. The van der Waals surface area contributed by atoms with Crippen LogP contribution in [0, 0.1) is 0 Å². The van der Waals surface area contributed by atoms with Gasteiger partial charge < -0.3 is 4.74 Å². The van der Waals surface area contributed by atoms with Crippen molar-refractivity contribution in [2.75, 3.05) is 11.6 Å². The van der Waals surface area contributed by atoms with Crippen LogP contribution in [0.5, 0.6) is 0 Å². The van der Waals surface area contributed by atoms with E-state index in [1.54, 1.807) is 26.8 Å². The van der Waals surface area contributed by atoms with Gasteiger partial charge in [0.15, 0.2) is 0 Å². The molecule has 0 aliphatic heterocycles. The van der Waals surface area contributed by atoms with Crippen LogP contribution in [0.15, 0.2) is 18.5 Å². The summed E-state index contributed by atoms with van der Waals surface area (Å²) in [7, 11) is -3.52. The van der Waals surface area contributed by atoms with Crippen molar-refractivity contribution in [1.82, 2.24) is 4.98 Å². The van der Waals surface area contributed by atoms with Crippen molar-refractivity contribution in [1.29, 1.82) is 0 Å². The van der Waals surface area contributed by atoms with Crippen LogP contribution in [0.25, 0.3) is 0 Å². The molecule has 0 bridgehead atoms. The molecule has 0 radical (unpaired) electrons. The summed E-state index contributed by atoms with van der Waals surface area (Å²) in [5.74, 6) is 0. The second-order valence-electron chi connectivity index (χ2n) is 5.18. The molecule has 0 saturated heterocycles. The Morgan fingerprint density at radius 2 is 2.00 bits per heavy atom. The Morgan fingerprint density at radius 1 is 1.35 bits per heavy atom. The number of nitrogens with one attached hydrogen (secondary N) is 1. The van der Waals surface area contributed by atoms with E-state index in [1.807, 2.05) is 0 Å². The first-order chi connectivity index (χ1) is 9.05. The minimum absolute atomic E-state index is 0.143. The van der Waals surface area contributed by atoms with Crippen LogP contribution in [0.3, 0.4) is 0 Å². The molecule has 0 unspecified atom stereocenters. The lowest BCUT2D eigenvalue weighted by molar-refractivity contribution is 0.0636. The van der Waals surface area contributed by atoms with E-state index in [0.29, 0.717) is 11.3 Å². The van der Waals surface area contributed by atoms with Gasteiger partial charge in [-0.15, -0.1) is 0 Å². The zero-order valence-electron chi connectivity index (χ0n) is 11.8. The van der Waals surface area contributed by atoms with E-state index in [1.165, 1.54) is 12.4 Å². The Hall–Kier alpha value is -1.67. The molecule has 1 aromatic rings. The van der Waals surface area contributed by atoms with Crippen molar-refractivity contribution < 1.29 is 22.1 Å². The average molecular weight is 302 g/mol. The van der Waals surface area contributed by atoms with Crippen molar-refractivity contribution in [2.45, 2.75) is 33.0 Å². The minimum atomic E-state index is -3.52. The first-order valence-electron chi connectivity index (χ1n) is 5.83. The van der Waals surface area contributed by atoms with Gasteiger partial charge in [-0.05, 0) is 32.4 Å². The molecule has 0 aliphatic rings. The van der Waals surface area contributed by atoms with E-state index < -0.39 is 21.8 Å². The van der Waals surface area contributed by atoms with E-state index in [4.69, 9.17) is 4.74 Å². The molecule has 7 nitrogen and oxygen atoms in total. The van der Waals surface area contributed by atoms with Crippen LogP contribution in [0.2, 0.25) is 0 Å². The van der Waals surface area contributed by atoms with Crippen LogP contribution in [0.4, 0.5) is 10.5 Å². The molecule has 1 amide bonds. The van der Waals surface area contributed by atoms with E-state index >= 15 is 0 Å². The summed E-state index contributed by atoms with van der Waals surface area (Å²) in [6.45, 7) is 5.11. The molecular formula is C12H18N2O5S. The number of nitrogens with zero attached hydrogens (tertiary/aromatic N) is 1. The molecule has 112 valence electrons. The van der Waals surface area contributed by atoms with Gasteiger partial charge in [0.25, 0.3) is 10.1 Å². The zero-order valence-corrected chi connectivity index (χ0v) is 12.7. The summed E-state index contributed by atoms with van der Waals surface area (Å²) in [6, 6.07) is 1.56. The highest BCUT2D eigenvalue weighted by molar-refractivity contribution is 7.85. The molecule has 1 aromatic heterocycles. The summed E-state index contributed by atoms with van der Waals surface area (Å²) in [5.41, 5.74) is 0.312. The van der Waals surface area contributed by atoms with Gasteiger partial charge >= 0.3 is 6.09 Å². The lowest BCUT2D eigenvalue weighted by Gasteiger charge is -2.19. The monoisotopic (exact) mass is 302 g/mol. The normalized spacial score (nSPS) is 12.0. The van der Waals surface area contributed by atoms with Gasteiger partial charge in [-0.1, -0.05) is 0 Å². The molecule has 20 heavy (non-hydrogen) atoms. The maximum absolute atomic E-state index is 11.6. The summed E-state index contributed by atoms with van der Waals surface area (Å²) in [5, 5.41) is 2.51. The van der Waals surface area contributed by atoms with E-state index in [2.05, 4.69) is 14.5 Å². The second-order valence-corrected chi connectivity index (χ2v) is 6.82. The third-order valence-corrected chi connectivity index (χ3v) is 2.43. The summed E-state index contributed by atoms with van der Waals surface area (Å²) >= 11 is 0. The number of hydrogen-bond acceptors (Lipinski definition) is 6. The maximum Gasteiger partial charge on any atom is 0.412 e. The first-order valence-corrected chi connectivity index (χ1v) is 7.65. The number of carbonyl (C=O) groups is 1. The number of carbonyl (C=O) groups excluding carboxylic acids is 1. The predicted molar refractivity (Wildman–Crippen MR) is 73.7 cm³/mol. The van der Waals surface area contributed by atoms with E-state index in [9.17, 15) is 13.2 Å². The molecule has 0 aromatic carbocycles. The van der Waals surface area contributed by atoms with Crippen molar-refractivity contribution in [2.24, 2.45) is 0 Å². The molecule has 0 aliphatic carbocycles. The van der Waals surface area contributed by atoms with Crippen molar-refractivity contribution in [3.8, 4) is 0 Å². The Bertz CT molecular complexity index is 578. The average Bonchev–Trinajstić information content (AvgIpc) is 2.23. The van der Waals surface area contributed by atoms with Crippen molar-refractivity contribution in [3.05, 3.63) is 24.0 Å². The van der Waals surface area contributed by atoms with Crippen LogP contribution in [-0.4, -0.2) is 31.4 Å². The highest BCUT2D eigenvalue weighted by Gasteiger charge is 2.16. The van der Waals surface area contributed by atoms with Gasteiger partial charge in [0, 0.05) is 6.20 Å². The van der Waals surface area contributed by atoms with Crippen molar-refractivity contribution >= 4 is 21.9 Å². The quantitative estimate of drug-likeness (QED) is 0.854. The van der Waals surface area contributed by atoms with Crippen LogP contribution < -0.4 is 5.32 Å². The summed E-state index contributed by atoms with van der Waals surface area (Å²) < 4.78 is 31.5. The number of hydrogen-bond donors (Lipinski definition) is 1. The first kappa shape index (κ1) is 16.4. The van der Waals surface area contributed by atoms with E-state index in [0.717, 1.165) is 6.26 Å². The fourth-order valence-electron chi connectivity index (χ4n) is 1.23. The molecule has 1 rings (SSSR count). The number of rotatable bonds is 4. The number of aromatic nitrogens is 1. The Morgan fingerprint density at radius 3 is 2.55 bits per heavy atom. The van der Waals surface area contributed by atoms with Gasteiger partial charge in [-0.25, -0.2) is 4.79 Å². The van der Waals surface area contributed by atoms with E-state index in [-0.39, 0.29) is 6.61 Å². The van der Waals surface area contributed by atoms with Crippen LogP contribution >= 0.6 is 0 Å². The largest absolute Gasteiger partial charge is 0.444 e. The fourth-order valence-corrected chi connectivity index (χ4v) is 1.58. The van der Waals surface area contributed by atoms with Crippen LogP contribution in [0.1, 0.15) is 26.3 Å². The zero-order chi connectivity index (χ0) is 15.4. The SMILES string of the molecule is CC(C)(C)OC(=O)Nc1cncc(COS(C)(=O)=O)c1. The maximum atomic E-state index is 11.6. The molecule has 0 saturated carbocycles. The standard InChI is InChI=1S/C12H18N2O5S/c1-12(2,3)19-11(15)14-10-5-9(6-13-7-10)8-18-20(4,16)17/h5-7H,8H2,1-4H3,(H,14,15). The Labute approximate surface area is 118 Å². The third-order valence-electron chi connectivity index (χ3n) is 1.88. The third kappa shape index (κ3) is 7.05. The van der Waals surface area contributed by atoms with Gasteiger partial charge in [-0.2, -0.15) is 8.42 Å². The molecule has 0 fully saturated rings. The highest BCUT2D eigenvalue weighted by Crippen LogP contribution is 2.13. The van der Waals surface area contributed by atoms with Gasteiger partial charge in [0.2, 0.25) is 0 Å². The second kappa shape index (κ2) is 6.19. The van der Waals surface area contributed by atoms with Gasteiger partial charge in [0.1, 0.15) is 5.60 Å². The summed E-state index contributed by atoms with van der Waals surface area (Å²) in [4.78, 5) is 15.5. The number of anilines is 1. The summed E-state index contributed by atoms with van der Waals surface area (Å²) in [6.07, 6.45) is 3.23.